The number of allylic oxidation sites excluding steroid dienone is 3. The number of methoxy groups -OCH3 is 1. The SMILES string of the molecule is COc1ccc(/C=C/C(=O)C2C(=O)C=C(C)OC2=O)cc1. The highest BCUT2D eigenvalue weighted by Gasteiger charge is 2.36. The van der Waals surface area contributed by atoms with Gasteiger partial charge in [-0.3, -0.25) is 14.4 Å². The molecule has 0 radical (unpaired) electrons. The summed E-state index contributed by atoms with van der Waals surface area (Å²) >= 11 is 0. The first-order valence-electron chi connectivity index (χ1n) is 6.31. The first-order chi connectivity index (χ1) is 10.0. The molecule has 5 heteroatoms. The highest BCUT2D eigenvalue weighted by Crippen LogP contribution is 2.17. The molecule has 0 saturated carbocycles. The van der Waals surface area contributed by atoms with Gasteiger partial charge < -0.3 is 9.47 Å². The van der Waals surface area contributed by atoms with Gasteiger partial charge in [0.25, 0.3) is 0 Å². The average Bonchev–Trinajstić information content (AvgIpc) is 2.44. The zero-order valence-electron chi connectivity index (χ0n) is 11.7. The van der Waals surface area contributed by atoms with E-state index in [4.69, 9.17) is 9.47 Å². The van der Waals surface area contributed by atoms with Gasteiger partial charge in [0.2, 0.25) is 0 Å². The van der Waals surface area contributed by atoms with E-state index < -0.39 is 23.5 Å². The quantitative estimate of drug-likeness (QED) is 0.480. The Hall–Kier alpha value is -2.69. The van der Waals surface area contributed by atoms with Crippen molar-refractivity contribution in [3.63, 3.8) is 0 Å². The van der Waals surface area contributed by atoms with Crippen molar-refractivity contribution in [1.29, 1.82) is 0 Å². The van der Waals surface area contributed by atoms with Gasteiger partial charge in [-0.1, -0.05) is 18.2 Å². The van der Waals surface area contributed by atoms with Gasteiger partial charge in [-0.15, -0.1) is 0 Å². The standard InChI is InChI=1S/C16H14O5/c1-10-9-14(18)15(16(19)21-10)13(17)8-5-11-3-6-12(20-2)7-4-11/h3-9,15H,1-2H3/b8-5+. The van der Waals surface area contributed by atoms with Crippen molar-refractivity contribution in [2.45, 2.75) is 6.92 Å². The minimum Gasteiger partial charge on any atom is -0.497 e. The van der Waals surface area contributed by atoms with Crippen molar-refractivity contribution in [3.05, 3.63) is 47.7 Å². The van der Waals surface area contributed by atoms with Gasteiger partial charge >= 0.3 is 5.97 Å². The van der Waals surface area contributed by atoms with E-state index in [9.17, 15) is 14.4 Å². The summed E-state index contributed by atoms with van der Waals surface area (Å²) in [6.45, 7) is 1.49. The molecule has 0 aromatic heterocycles. The van der Waals surface area contributed by atoms with E-state index in [2.05, 4.69) is 0 Å². The van der Waals surface area contributed by atoms with Crippen molar-refractivity contribution in [2.75, 3.05) is 7.11 Å². The molecule has 1 aliphatic rings. The van der Waals surface area contributed by atoms with Crippen LogP contribution in [0, 0.1) is 5.92 Å². The molecule has 1 aliphatic heterocycles. The highest BCUT2D eigenvalue weighted by molar-refractivity contribution is 6.25. The Kier molecular flexibility index (Phi) is 4.33. The first kappa shape index (κ1) is 14.7. The van der Waals surface area contributed by atoms with E-state index in [0.29, 0.717) is 5.75 Å². The lowest BCUT2D eigenvalue weighted by molar-refractivity contribution is -0.151. The van der Waals surface area contributed by atoms with Crippen molar-refractivity contribution in [3.8, 4) is 5.75 Å². The monoisotopic (exact) mass is 286 g/mol. The minimum atomic E-state index is -1.40. The molecule has 1 unspecified atom stereocenters. The molecule has 0 bridgehead atoms. The maximum atomic E-state index is 12.0. The molecule has 0 N–H and O–H groups in total. The van der Waals surface area contributed by atoms with Gasteiger partial charge in [-0.2, -0.15) is 0 Å². The summed E-state index contributed by atoms with van der Waals surface area (Å²) in [5, 5.41) is 0. The van der Waals surface area contributed by atoms with Crippen LogP contribution in [0.4, 0.5) is 0 Å². The molecule has 0 spiro atoms. The molecule has 5 nitrogen and oxygen atoms in total. The molecule has 0 aliphatic carbocycles. The molecule has 0 saturated heterocycles. The number of hydrogen-bond donors (Lipinski definition) is 0. The highest BCUT2D eigenvalue weighted by atomic mass is 16.5. The van der Waals surface area contributed by atoms with E-state index in [0.717, 1.165) is 11.6 Å². The fourth-order valence-corrected chi connectivity index (χ4v) is 1.89. The van der Waals surface area contributed by atoms with Crippen LogP contribution < -0.4 is 4.74 Å². The summed E-state index contributed by atoms with van der Waals surface area (Å²) in [6.07, 6.45) is 3.90. The fraction of sp³-hybridized carbons (Fsp3) is 0.188. The van der Waals surface area contributed by atoms with Gasteiger partial charge in [-0.25, -0.2) is 0 Å². The lowest BCUT2D eigenvalue weighted by atomic mass is 9.96. The Labute approximate surface area is 121 Å². The Morgan fingerprint density at radius 1 is 1.24 bits per heavy atom. The Morgan fingerprint density at radius 2 is 1.90 bits per heavy atom. The molecule has 0 amide bonds. The summed E-state index contributed by atoms with van der Waals surface area (Å²) in [5.74, 6) is -2.47. The number of cyclic esters (lactones) is 1. The molecule has 1 heterocycles. The van der Waals surface area contributed by atoms with E-state index in [1.807, 2.05) is 0 Å². The van der Waals surface area contributed by atoms with Gasteiger partial charge in [-0.05, 0) is 30.7 Å². The molecule has 0 fully saturated rings. The van der Waals surface area contributed by atoms with Crippen molar-refractivity contribution < 1.29 is 23.9 Å². The largest absolute Gasteiger partial charge is 0.497 e. The number of carbonyl (C=O) groups is 3. The van der Waals surface area contributed by atoms with Crippen LogP contribution in [-0.2, 0) is 19.1 Å². The van der Waals surface area contributed by atoms with Crippen molar-refractivity contribution in [2.24, 2.45) is 5.92 Å². The number of hydrogen-bond acceptors (Lipinski definition) is 5. The van der Waals surface area contributed by atoms with Gasteiger partial charge in [0.15, 0.2) is 17.5 Å². The van der Waals surface area contributed by atoms with Gasteiger partial charge in [0, 0.05) is 6.08 Å². The smallest absolute Gasteiger partial charge is 0.329 e. The normalized spacial score (nSPS) is 18.4. The summed E-state index contributed by atoms with van der Waals surface area (Å²) in [7, 11) is 1.56. The molecule has 1 aromatic rings. The Bertz CT molecular complexity index is 637. The maximum absolute atomic E-state index is 12.0. The predicted octanol–water partition coefficient (Wildman–Crippen LogP) is 1.92. The number of benzene rings is 1. The van der Waals surface area contributed by atoms with Crippen LogP contribution in [0.15, 0.2) is 42.2 Å². The van der Waals surface area contributed by atoms with E-state index in [1.165, 1.54) is 19.1 Å². The Balaban J connectivity index is 2.11. The molecular weight excluding hydrogens is 272 g/mol. The third-order valence-corrected chi connectivity index (χ3v) is 2.97. The van der Waals surface area contributed by atoms with E-state index in [-0.39, 0.29) is 5.76 Å². The third kappa shape index (κ3) is 3.45. The van der Waals surface area contributed by atoms with Crippen molar-refractivity contribution in [1.82, 2.24) is 0 Å². The lowest BCUT2D eigenvalue weighted by Gasteiger charge is -2.15. The zero-order chi connectivity index (χ0) is 15.4. The van der Waals surface area contributed by atoms with Crippen LogP contribution in [0.2, 0.25) is 0 Å². The molecule has 108 valence electrons. The van der Waals surface area contributed by atoms with Gasteiger partial charge in [0.05, 0.1) is 7.11 Å². The molecule has 2 rings (SSSR count). The molecule has 1 atom stereocenters. The molecular formula is C16H14O5. The fourth-order valence-electron chi connectivity index (χ4n) is 1.89. The van der Waals surface area contributed by atoms with Crippen LogP contribution in [-0.4, -0.2) is 24.6 Å². The summed E-state index contributed by atoms with van der Waals surface area (Å²) in [5.41, 5.74) is 0.757. The first-order valence-corrected chi connectivity index (χ1v) is 6.31. The molecule has 21 heavy (non-hydrogen) atoms. The Morgan fingerprint density at radius 3 is 2.48 bits per heavy atom. The number of ether oxygens (including phenoxy) is 2. The zero-order valence-corrected chi connectivity index (χ0v) is 11.7. The van der Waals surface area contributed by atoms with Gasteiger partial charge in [0.1, 0.15) is 11.5 Å². The van der Waals surface area contributed by atoms with Crippen LogP contribution in [0.3, 0.4) is 0 Å². The second-order valence-corrected chi connectivity index (χ2v) is 4.52. The number of ketones is 2. The van der Waals surface area contributed by atoms with Crippen LogP contribution in [0.5, 0.6) is 5.75 Å². The second kappa shape index (κ2) is 6.17. The van der Waals surface area contributed by atoms with E-state index >= 15 is 0 Å². The lowest BCUT2D eigenvalue weighted by Crippen LogP contribution is -2.34. The van der Waals surface area contributed by atoms with E-state index in [1.54, 1.807) is 31.4 Å². The van der Waals surface area contributed by atoms with Crippen LogP contribution in [0.25, 0.3) is 6.08 Å². The average molecular weight is 286 g/mol. The number of rotatable bonds is 4. The third-order valence-electron chi connectivity index (χ3n) is 2.97. The number of carbonyl (C=O) groups excluding carboxylic acids is 3. The summed E-state index contributed by atoms with van der Waals surface area (Å²) in [4.78, 5) is 35.3. The van der Waals surface area contributed by atoms with Crippen LogP contribution in [0.1, 0.15) is 12.5 Å². The predicted molar refractivity (Wildman–Crippen MR) is 75.4 cm³/mol. The summed E-state index contributed by atoms with van der Waals surface area (Å²) < 4.78 is 9.83. The summed E-state index contributed by atoms with van der Waals surface area (Å²) in [6, 6.07) is 7.01. The molecule has 1 aromatic carbocycles. The number of esters is 1. The minimum absolute atomic E-state index is 0.202. The second-order valence-electron chi connectivity index (χ2n) is 4.52. The maximum Gasteiger partial charge on any atom is 0.329 e. The van der Waals surface area contributed by atoms with Crippen LogP contribution >= 0.6 is 0 Å². The van der Waals surface area contributed by atoms with Crippen molar-refractivity contribution >= 4 is 23.6 Å². The topological polar surface area (TPSA) is 69.7 Å².